The van der Waals surface area contributed by atoms with Gasteiger partial charge in [0.05, 0.1) is 17.7 Å². The monoisotopic (exact) mass is 384 g/mol. The number of aliphatic imine (C=N–C) groups is 1. The van der Waals surface area contributed by atoms with Gasteiger partial charge in [0.15, 0.2) is 0 Å². The number of anilines is 2. The van der Waals surface area contributed by atoms with Crippen molar-refractivity contribution in [3.8, 4) is 0 Å². The minimum absolute atomic E-state index is 0.121. The SMILES string of the molecule is CC(C)OC(=O)/N=C(/N)c1cnc(NC(=O)N[C@H](C)c2ccccc2)cc1N. The molecule has 148 valence electrons. The van der Waals surface area contributed by atoms with Crippen molar-refractivity contribution < 1.29 is 14.3 Å². The van der Waals surface area contributed by atoms with Gasteiger partial charge >= 0.3 is 12.1 Å². The molecule has 0 spiro atoms. The lowest BCUT2D eigenvalue weighted by Crippen LogP contribution is -2.31. The van der Waals surface area contributed by atoms with Crippen LogP contribution in [0.2, 0.25) is 0 Å². The molecule has 2 rings (SSSR count). The summed E-state index contributed by atoms with van der Waals surface area (Å²) in [5.74, 6) is 0.112. The number of pyridine rings is 1. The van der Waals surface area contributed by atoms with Gasteiger partial charge in [-0.05, 0) is 26.3 Å². The fourth-order valence-electron chi connectivity index (χ4n) is 2.31. The van der Waals surface area contributed by atoms with Crippen LogP contribution in [0.4, 0.5) is 21.1 Å². The van der Waals surface area contributed by atoms with E-state index in [1.807, 2.05) is 37.3 Å². The first kappa shape index (κ1) is 20.7. The van der Waals surface area contributed by atoms with E-state index < -0.39 is 12.1 Å². The molecule has 1 aromatic heterocycles. The molecule has 0 aliphatic heterocycles. The molecule has 0 bridgehead atoms. The van der Waals surface area contributed by atoms with Crippen LogP contribution in [0.25, 0.3) is 0 Å². The number of nitrogens with zero attached hydrogens (tertiary/aromatic N) is 2. The van der Waals surface area contributed by atoms with E-state index in [2.05, 4.69) is 20.6 Å². The van der Waals surface area contributed by atoms with Crippen LogP contribution in [0, 0.1) is 0 Å². The Balaban J connectivity index is 2.02. The van der Waals surface area contributed by atoms with Gasteiger partial charge in [-0.1, -0.05) is 30.3 Å². The summed E-state index contributed by atoms with van der Waals surface area (Å²) < 4.78 is 4.90. The largest absolute Gasteiger partial charge is 0.445 e. The lowest BCUT2D eigenvalue weighted by Gasteiger charge is -2.15. The van der Waals surface area contributed by atoms with Crippen molar-refractivity contribution in [2.45, 2.75) is 32.9 Å². The van der Waals surface area contributed by atoms with Gasteiger partial charge in [-0.25, -0.2) is 14.6 Å². The first-order chi connectivity index (χ1) is 13.3. The highest BCUT2D eigenvalue weighted by Gasteiger charge is 2.13. The Morgan fingerprint density at radius 3 is 2.46 bits per heavy atom. The van der Waals surface area contributed by atoms with Crippen LogP contribution in [0.3, 0.4) is 0 Å². The van der Waals surface area contributed by atoms with E-state index in [-0.39, 0.29) is 35.1 Å². The van der Waals surface area contributed by atoms with E-state index in [4.69, 9.17) is 16.2 Å². The maximum Gasteiger partial charge on any atom is 0.435 e. The number of ether oxygens (including phenoxy) is 1. The number of amides is 3. The summed E-state index contributed by atoms with van der Waals surface area (Å²) in [7, 11) is 0. The van der Waals surface area contributed by atoms with E-state index in [1.54, 1.807) is 13.8 Å². The molecule has 1 aromatic carbocycles. The second-order valence-electron chi connectivity index (χ2n) is 6.32. The van der Waals surface area contributed by atoms with Crippen LogP contribution < -0.4 is 22.1 Å². The molecule has 1 atom stereocenters. The van der Waals surface area contributed by atoms with E-state index in [1.165, 1.54) is 12.3 Å². The number of nitrogens with one attached hydrogen (secondary N) is 2. The molecule has 0 fully saturated rings. The maximum atomic E-state index is 12.2. The average molecular weight is 384 g/mol. The van der Waals surface area contributed by atoms with Gasteiger partial charge in [0.2, 0.25) is 0 Å². The summed E-state index contributed by atoms with van der Waals surface area (Å²) >= 11 is 0. The van der Waals surface area contributed by atoms with Crippen LogP contribution in [0.5, 0.6) is 0 Å². The van der Waals surface area contributed by atoms with Crippen molar-refractivity contribution in [2.24, 2.45) is 10.7 Å². The van der Waals surface area contributed by atoms with E-state index in [9.17, 15) is 9.59 Å². The molecule has 2 aromatic rings. The number of amidine groups is 1. The molecule has 9 heteroatoms. The zero-order chi connectivity index (χ0) is 20.7. The van der Waals surface area contributed by atoms with Gasteiger partial charge in [0, 0.05) is 18.0 Å². The third-order valence-electron chi connectivity index (χ3n) is 3.65. The van der Waals surface area contributed by atoms with E-state index >= 15 is 0 Å². The predicted octanol–water partition coefficient (Wildman–Crippen LogP) is 2.80. The van der Waals surface area contributed by atoms with Gasteiger partial charge in [-0.2, -0.15) is 4.99 Å². The molecule has 3 amide bonds. The Hall–Kier alpha value is -3.62. The van der Waals surface area contributed by atoms with Crippen molar-refractivity contribution >= 4 is 29.5 Å². The lowest BCUT2D eigenvalue weighted by atomic mass is 10.1. The molecule has 0 saturated heterocycles. The second-order valence-corrected chi connectivity index (χ2v) is 6.32. The molecular weight excluding hydrogens is 360 g/mol. The Kier molecular flexibility index (Phi) is 6.91. The predicted molar refractivity (Wildman–Crippen MR) is 108 cm³/mol. The van der Waals surface area contributed by atoms with Gasteiger partial charge in [-0.15, -0.1) is 0 Å². The number of hydrogen-bond acceptors (Lipinski definition) is 5. The minimum Gasteiger partial charge on any atom is -0.445 e. The number of hydrogen-bond donors (Lipinski definition) is 4. The highest BCUT2D eigenvalue weighted by molar-refractivity contribution is 6.06. The van der Waals surface area contributed by atoms with E-state index in [0.29, 0.717) is 0 Å². The molecule has 0 aliphatic rings. The topological polar surface area (TPSA) is 145 Å². The van der Waals surface area contributed by atoms with Gasteiger partial charge < -0.3 is 21.5 Å². The summed E-state index contributed by atoms with van der Waals surface area (Å²) in [6.45, 7) is 5.26. The summed E-state index contributed by atoms with van der Waals surface area (Å²) in [5, 5.41) is 5.41. The summed E-state index contributed by atoms with van der Waals surface area (Å²) in [6, 6.07) is 10.3. The Morgan fingerprint density at radius 1 is 1.18 bits per heavy atom. The molecular formula is C19H24N6O3. The highest BCUT2D eigenvalue weighted by atomic mass is 16.6. The zero-order valence-electron chi connectivity index (χ0n) is 16.0. The van der Waals surface area contributed by atoms with Crippen LogP contribution in [0.1, 0.15) is 37.9 Å². The number of urea groups is 1. The first-order valence-corrected chi connectivity index (χ1v) is 8.69. The Labute approximate surface area is 163 Å². The smallest absolute Gasteiger partial charge is 0.435 e. The first-order valence-electron chi connectivity index (χ1n) is 8.69. The number of rotatable bonds is 5. The number of nitrogen functional groups attached to an aromatic ring is 1. The molecule has 1 heterocycles. The van der Waals surface area contributed by atoms with Gasteiger partial charge in [0.1, 0.15) is 11.7 Å². The van der Waals surface area contributed by atoms with Crippen LogP contribution in [-0.2, 0) is 4.74 Å². The standard InChI is InChI=1S/C19H24N6O3/c1-11(2)28-19(27)25-17(21)14-10-22-16(9-15(14)20)24-18(26)23-12(3)13-7-5-4-6-8-13/h4-12H,1-3H3,(H2,21,25,27)(H4,20,22,23,24,26)/t12-/m1/s1. The number of nitrogens with two attached hydrogens (primary N) is 2. The maximum absolute atomic E-state index is 12.2. The Morgan fingerprint density at radius 2 is 1.86 bits per heavy atom. The number of carbonyl (C=O) groups excluding carboxylic acids is 2. The zero-order valence-corrected chi connectivity index (χ0v) is 16.0. The van der Waals surface area contributed by atoms with Gasteiger partial charge in [0.25, 0.3) is 0 Å². The highest BCUT2D eigenvalue weighted by Crippen LogP contribution is 2.16. The summed E-state index contributed by atoms with van der Waals surface area (Å²) in [4.78, 5) is 31.4. The Bertz CT molecular complexity index is 867. The molecule has 0 saturated carbocycles. The van der Waals surface area contributed by atoms with Crippen LogP contribution in [-0.4, -0.2) is 29.0 Å². The van der Waals surface area contributed by atoms with Crippen molar-refractivity contribution in [3.63, 3.8) is 0 Å². The normalized spacial score (nSPS) is 12.4. The second kappa shape index (κ2) is 9.36. The summed E-state index contributed by atoms with van der Waals surface area (Å²) in [5.41, 5.74) is 13.2. The van der Waals surface area contributed by atoms with Crippen molar-refractivity contribution in [3.05, 3.63) is 53.7 Å². The lowest BCUT2D eigenvalue weighted by molar-refractivity contribution is 0.126. The molecule has 28 heavy (non-hydrogen) atoms. The molecule has 9 nitrogen and oxygen atoms in total. The number of benzene rings is 1. The average Bonchev–Trinajstić information content (AvgIpc) is 2.61. The molecule has 6 N–H and O–H groups in total. The fraction of sp³-hybridized carbons (Fsp3) is 0.263. The number of aromatic nitrogens is 1. The fourth-order valence-corrected chi connectivity index (χ4v) is 2.31. The molecule has 0 aliphatic carbocycles. The van der Waals surface area contributed by atoms with Crippen LogP contribution >= 0.6 is 0 Å². The van der Waals surface area contributed by atoms with Crippen molar-refractivity contribution in [1.29, 1.82) is 0 Å². The summed E-state index contributed by atoms with van der Waals surface area (Å²) in [6.07, 6.45) is 0.193. The third kappa shape index (κ3) is 5.97. The number of carbonyl (C=O) groups is 2. The quantitative estimate of drug-likeness (QED) is 0.461. The van der Waals surface area contributed by atoms with E-state index in [0.717, 1.165) is 5.56 Å². The van der Waals surface area contributed by atoms with Crippen molar-refractivity contribution in [1.82, 2.24) is 10.3 Å². The molecule has 0 unspecified atom stereocenters. The third-order valence-corrected chi connectivity index (χ3v) is 3.65. The minimum atomic E-state index is -0.816. The molecule has 0 radical (unpaired) electrons. The van der Waals surface area contributed by atoms with Gasteiger partial charge in [-0.3, -0.25) is 5.32 Å². The van der Waals surface area contributed by atoms with Crippen molar-refractivity contribution in [2.75, 3.05) is 11.1 Å². The van der Waals surface area contributed by atoms with Crippen LogP contribution in [0.15, 0.2) is 47.6 Å².